The molecule has 1 aliphatic heterocycles. The van der Waals surface area contributed by atoms with E-state index in [2.05, 4.69) is 20.5 Å². The molecule has 100 valence electrons. The summed E-state index contributed by atoms with van der Waals surface area (Å²) >= 11 is 3.39. The van der Waals surface area contributed by atoms with Crippen molar-refractivity contribution in [3.05, 3.63) is 34.2 Å². The maximum absolute atomic E-state index is 13.4. The number of hydrogen-bond acceptors (Lipinski definition) is 1. The van der Waals surface area contributed by atoms with Gasteiger partial charge in [-0.2, -0.15) is 0 Å². The molecule has 0 aliphatic carbocycles. The minimum Gasteiger partial charge on any atom is -0.481 e. The Morgan fingerprint density at radius 2 is 2.26 bits per heavy atom. The van der Waals surface area contributed by atoms with Gasteiger partial charge >= 0.3 is 5.97 Å². The fourth-order valence-electron chi connectivity index (χ4n) is 2.98. The van der Waals surface area contributed by atoms with Gasteiger partial charge in [-0.15, -0.1) is 0 Å². The summed E-state index contributed by atoms with van der Waals surface area (Å²) in [7, 11) is 0. The molecule has 1 aliphatic rings. The Balaban J connectivity index is 2.21. The number of aromatic nitrogens is 1. The highest BCUT2D eigenvalue weighted by atomic mass is 79.9. The molecule has 0 fully saturated rings. The number of carbonyl (C=O) groups is 1. The molecule has 2 heterocycles. The minimum atomic E-state index is -0.794. The molecule has 1 N–H and O–H groups in total. The lowest BCUT2D eigenvalue weighted by atomic mass is 9.99. The smallest absolute Gasteiger partial charge is 0.308 e. The van der Waals surface area contributed by atoms with Crippen LogP contribution in [0.4, 0.5) is 4.39 Å². The van der Waals surface area contributed by atoms with Crippen LogP contribution in [0.1, 0.15) is 25.1 Å². The van der Waals surface area contributed by atoms with E-state index >= 15 is 0 Å². The Bertz CT molecular complexity index is 680. The molecule has 0 amide bonds. The Morgan fingerprint density at radius 3 is 2.95 bits per heavy atom. The van der Waals surface area contributed by atoms with Crippen LogP contribution in [0, 0.1) is 11.7 Å². The third-order valence-electron chi connectivity index (χ3n) is 3.92. The highest BCUT2D eigenvalue weighted by Gasteiger charge is 2.32. The third kappa shape index (κ3) is 1.87. The quantitative estimate of drug-likeness (QED) is 0.913. The van der Waals surface area contributed by atoms with E-state index < -0.39 is 11.9 Å². The zero-order valence-corrected chi connectivity index (χ0v) is 11.9. The summed E-state index contributed by atoms with van der Waals surface area (Å²) in [6.45, 7) is 1.73. The monoisotopic (exact) mass is 325 g/mol. The van der Waals surface area contributed by atoms with Gasteiger partial charge in [0.05, 0.1) is 11.4 Å². The van der Waals surface area contributed by atoms with Crippen LogP contribution < -0.4 is 0 Å². The minimum absolute atomic E-state index is 0.0632. The zero-order valence-electron chi connectivity index (χ0n) is 10.4. The molecular weight excluding hydrogens is 313 g/mol. The number of benzene rings is 1. The topological polar surface area (TPSA) is 42.2 Å². The van der Waals surface area contributed by atoms with E-state index in [4.69, 9.17) is 0 Å². The number of fused-ring (bicyclic) bond motifs is 3. The lowest BCUT2D eigenvalue weighted by molar-refractivity contribution is -0.142. The molecule has 1 aromatic heterocycles. The molecule has 1 aromatic carbocycles. The van der Waals surface area contributed by atoms with Crippen LogP contribution in [0.3, 0.4) is 0 Å². The van der Waals surface area contributed by atoms with Crippen molar-refractivity contribution >= 4 is 32.8 Å². The number of aliphatic carboxylic acids is 1. The first-order valence-electron chi connectivity index (χ1n) is 6.20. The fraction of sp³-hybridized carbons (Fsp3) is 0.357. The average Bonchev–Trinajstić information content (AvgIpc) is 2.85. The van der Waals surface area contributed by atoms with Crippen LogP contribution in [-0.4, -0.2) is 15.6 Å². The summed E-state index contributed by atoms with van der Waals surface area (Å²) in [5.41, 5.74) is 1.98. The van der Waals surface area contributed by atoms with Gasteiger partial charge in [-0.3, -0.25) is 4.79 Å². The zero-order chi connectivity index (χ0) is 13.7. The molecule has 3 nitrogen and oxygen atoms in total. The second-order valence-corrected chi connectivity index (χ2v) is 5.92. The summed E-state index contributed by atoms with van der Waals surface area (Å²) in [6, 6.07) is 4.81. The standard InChI is InChI=1S/C14H13BrFNO2/c1-7(14(18)19)12-3-2-10-5-8-4-9(16)6-11(15)13(8)17(10)12/h4-7,12H,2-3H2,1H3,(H,18,19)/t7?,12-/m1/s1. The van der Waals surface area contributed by atoms with E-state index in [9.17, 15) is 14.3 Å². The van der Waals surface area contributed by atoms with Gasteiger partial charge in [0, 0.05) is 21.6 Å². The summed E-state index contributed by atoms with van der Waals surface area (Å²) in [5, 5.41) is 10.0. The van der Waals surface area contributed by atoms with E-state index in [0.717, 1.165) is 29.4 Å². The van der Waals surface area contributed by atoms with Gasteiger partial charge < -0.3 is 9.67 Å². The molecule has 0 spiro atoms. The molecule has 19 heavy (non-hydrogen) atoms. The highest BCUT2D eigenvalue weighted by Crippen LogP contribution is 2.40. The number of nitrogens with zero attached hydrogens (tertiary/aromatic N) is 1. The molecule has 0 radical (unpaired) electrons. The summed E-state index contributed by atoms with van der Waals surface area (Å²) < 4.78 is 16.1. The van der Waals surface area contributed by atoms with E-state index in [1.54, 1.807) is 6.92 Å². The van der Waals surface area contributed by atoms with E-state index in [1.807, 2.05) is 6.07 Å². The largest absolute Gasteiger partial charge is 0.481 e. The van der Waals surface area contributed by atoms with Crippen molar-refractivity contribution in [2.75, 3.05) is 0 Å². The third-order valence-corrected chi connectivity index (χ3v) is 4.53. The van der Waals surface area contributed by atoms with Gasteiger partial charge in [-0.25, -0.2) is 4.39 Å². The number of halogens is 2. The van der Waals surface area contributed by atoms with Crippen molar-refractivity contribution in [1.82, 2.24) is 4.57 Å². The van der Waals surface area contributed by atoms with Crippen LogP contribution in [0.25, 0.3) is 10.9 Å². The maximum Gasteiger partial charge on any atom is 0.308 e. The SMILES string of the molecule is CC(C(=O)O)[C@H]1CCc2cc3cc(F)cc(Br)c3n21. The normalized spacial score (nSPS) is 19.6. The van der Waals surface area contributed by atoms with E-state index in [-0.39, 0.29) is 11.9 Å². The number of rotatable bonds is 2. The van der Waals surface area contributed by atoms with Crippen LogP contribution in [0.5, 0.6) is 0 Å². The van der Waals surface area contributed by atoms with Crippen LogP contribution in [0.15, 0.2) is 22.7 Å². The van der Waals surface area contributed by atoms with Gasteiger partial charge in [0.25, 0.3) is 0 Å². The van der Waals surface area contributed by atoms with E-state index in [0.29, 0.717) is 4.47 Å². The summed E-state index contributed by atoms with van der Waals surface area (Å²) in [4.78, 5) is 11.2. The Kier molecular flexibility index (Phi) is 2.89. The summed E-state index contributed by atoms with van der Waals surface area (Å²) in [5.74, 6) is -1.53. The highest BCUT2D eigenvalue weighted by molar-refractivity contribution is 9.10. The molecule has 0 saturated carbocycles. The number of aryl methyl sites for hydroxylation is 1. The number of carboxylic acids is 1. The number of carboxylic acid groups (broad SMARTS) is 1. The Morgan fingerprint density at radius 1 is 1.53 bits per heavy atom. The molecule has 1 unspecified atom stereocenters. The first-order chi connectivity index (χ1) is 8.99. The van der Waals surface area contributed by atoms with Crippen LogP contribution in [-0.2, 0) is 11.2 Å². The first-order valence-corrected chi connectivity index (χ1v) is 7.00. The van der Waals surface area contributed by atoms with Crippen LogP contribution >= 0.6 is 15.9 Å². The maximum atomic E-state index is 13.4. The lowest BCUT2D eigenvalue weighted by Crippen LogP contribution is -2.21. The van der Waals surface area contributed by atoms with Gasteiger partial charge in [0.2, 0.25) is 0 Å². The van der Waals surface area contributed by atoms with Gasteiger partial charge in [0.1, 0.15) is 5.82 Å². The van der Waals surface area contributed by atoms with Gasteiger partial charge in [0.15, 0.2) is 0 Å². The molecule has 5 heteroatoms. The predicted octanol–water partition coefficient (Wildman–Crippen LogP) is 3.75. The average molecular weight is 326 g/mol. The summed E-state index contributed by atoms with van der Waals surface area (Å²) in [6.07, 6.45) is 1.66. The van der Waals surface area contributed by atoms with Crippen molar-refractivity contribution in [3.63, 3.8) is 0 Å². The molecule has 3 rings (SSSR count). The first kappa shape index (κ1) is 12.7. The van der Waals surface area contributed by atoms with Crippen LogP contribution in [0.2, 0.25) is 0 Å². The lowest BCUT2D eigenvalue weighted by Gasteiger charge is -2.19. The van der Waals surface area contributed by atoms with Crippen molar-refractivity contribution in [1.29, 1.82) is 0 Å². The molecule has 0 saturated heterocycles. The van der Waals surface area contributed by atoms with Crippen molar-refractivity contribution in [2.24, 2.45) is 5.92 Å². The van der Waals surface area contributed by atoms with Gasteiger partial charge in [-0.1, -0.05) is 0 Å². The van der Waals surface area contributed by atoms with Crippen molar-refractivity contribution < 1.29 is 14.3 Å². The Labute approximate surface area is 118 Å². The second kappa shape index (κ2) is 4.34. The fourth-order valence-corrected chi connectivity index (χ4v) is 3.62. The van der Waals surface area contributed by atoms with Crippen molar-refractivity contribution in [2.45, 2.75) is 25.8 Å². The van der Waals surface area contributed by atoms with Crippen molar-refractivity contribution in [3.8, 4) is 0 Å². The Hall–Kier alpha value is -1.36. The predicted molar refractivity (Wildman–Crippen MR) is 73.8 cm³/mol. The second-order valence-electron chi connectivity index (χ2n) is 5.06. The molecule has 2 aromatic rings. The van der Waals surface area contributed by atoms with Gasteiger partial charge in [-0.05, 0) is 53.9 Å². The van der Waals surface area contributed by atoms with E-state index in [1.165, 1.54) is 12.1 Å². The molecular formula is C14H13BrFNO2. The number of hydrogen-bond donors (Lipinski definition) is 1. The molecule has 2 atom stereocenters. The molecule has 0 bridgehead atoms.